The Bertz CT molecular complexity index is 466. The maximum Gasteiger partial charge on any atom is 0.174 e. The van der Waals surface area contributed by atoms with E-state index in [2.05, 4.69) is 15.0 Å². The molecule has 0 bridgehead atoms. The normalized spacial score (nSPS) is 16.1. The monoisotopic (exact) mass is 234 g/mol. The molecule has 1 heterocycles. The highest BCUT2D eigenvalue weighted by atomic mass is 16.4. The minimum Gasteiger partial charge on any atom is -0.409 e. The molecule has 0 aromatic carbocycles. The maximum atomic E-state index is 8.86. The van der Waals surface area contributed by atoms with E-state index in [9.17, 15) is 0 Å². The van der Waals surface area contributed by atoms with E-state index in [4.69, 9.17) is 10.9 Å². The predicted octanol–water partition coefficient (Wildman–Crippen LogP) is 1.39. The Balaban J connectivity index is 2.54. The number of hydrogen-bond acceptors (Lipinski definition) is 4. The Morgan fingerprint density at radius 1 is 1.53 bits per heavy atom. The van der Waals surface area contributed by atoms with Crippen LogP contribution in [0.1, 0.15) is 29.7 Å². The Labute approximate surface area is 101 Å². The summed E-state index contributed by atoms with van der Waals surface area (Å²) < 4.78 is 0. The molecule has 0 spiro atoms. The molecule has 1 fully saturated rings. The smallest absolute Gasteiger partial charge is 0.174 e. The molecule has 0 amide bonds. The van der Waals surface area contributed by atoms with Crippen molar-refractivity contribution in [1.82, 2.24) is 4.98 Å². The second-order valence-corrected chi connectivity index (χ2v) is 4.61. The summed E-state index contributed by atoms with van der Waals surface area (Å²) >= 11 is 0. The third-order valence-corrected chi connectivity index (χ3v) is 3.12. The van der Waals surface area contributed by atoms with Crippen LogP contribution in [0, 0.1) is 13.8 Å². The van der Waals surface area contributed by atoms with Crippen molar-refractivity contribution in [3.63, 3.8) is 0 Å². The van der Waals surface area contributed by atoms with E-state index in [0.717, 1.165) is 22.6 Å². The van der Waals surface area contributed by atoms with E-state index in [-0.39, 0.29) is 5.84 Å². The fourth-order valence-electron chi connectivity index (χ4n) is 2.07. The van der Waals surface area contributed by atoms with E-state index in [1.807, 2.05) is 27.0 Å². The second-order valence-electron chi connectivity index (χ2n) is 4.61. The number of aryl methyl sites for hydroxylation is 2. The number of aromatic nitrogens is 1. The first kappa shape index (κ1) is 11.7. The van der Waals surface area contributed by atoms with E-state index >= 15 is 0 Å². The van der Waals surface area contributed by atoms with Crippen molar-refractivity contribution in [3.05, 3.63) is 22.9 Å². The number of amidine groups is 1. The van der Waals surface area contributed by atoms with Gasteiger partial charge < -0.3 is 15.8 Å². The van der Waals surface area contributed by atoms with Gasteiger partial charge in [0.15, 0.2) is 5.84 Å². The van der Waals surface area contributed by atoms with Crippen molar-refractivity contribution in [3.8, 4) is 0 Å². The Morgan fingerprint density at radius 2 is 2.18 bits per heavy atom. The van der Waals surface area contributed by atoms with E-state index in [1.165, 1.54) is 12.8 Å². The second kappa shape index (κ2) is 4.24. The summed E-state index contributed by atoms with van der Waals surface area (Å²) in [5.41, 5.74) is 8.39. The lowest BCUT2D eigenvalue weighted by Gasteiger charge is -2.22. The van der Waals surface area contributed by atoms with Crippen LogP contribution in [0.5, 0.6) is 0 Å². The largest absolute Gasteiger partial charge is 0.409 e. The fraction of sp³-hybridized carbons (Fsp3) is 0.500. The van der Waals surface area contributed by atoms with Gasteiger partial charge in [-0.3, -0.25) is 0 Å². The van der Waals surface area contributed by atoms with Gasteiger partial charge in [0.05, 0.1) is 5.56 Å². The number of pyridine rings is 1. The Kier molecular flexibility index (Phi) is 2.92. The molecule has 17 heavy (non-hydrogen) atoms. The first-order valence-corrected chi connectivity index (χ1v) is 5.73. The molecule has 1 aliphatic carbocycles. The van der Waals surface area contributed by atoms with Crippen LogP contribution >= 0.6 is 0 Å². The van der Waals surface area contributed by atoms with Crippen LogP contribution < -0.4 is 10.6 Å². The Morgan fingerprint density at radius 3 is 2.71 bits per heavy atom. The van der Waals surface area contributed by atoms with Crippen molar-refractivity contribution in [2.24, 2.45) is 10.9 Å². The van der Waals surface area contributed by atoms with Crippen molar-refractivity contribution in [1.29, 1.82) is 0 Å². The topological polar surface area (TPSA) is 74.7 Å². The van der Waals surface area contributed by atoms with E-state index < -0.39 is 0 Å². The van der Waals surface area contributed by atoms with Crippen molar-refractivity contribution >= 4 is 11.7 Å². The Hall–Kier alpha value is -1.78. The van der Waals surface area contributed by atoms with Gasteiger partial charge in [-0.25, -0.2) is 4.98 Å². The van der Waals surface area contributed by atoms with E-state index in [0.29, 0.717) is 6.04 Å². The van der Waals surface area contributed by atoms with Gasteiger partial charge in [-0.1, -0.05) is 5.16 Å². The molecule has 0 aliphatic heterocycles. The molecule has 1 aromatic rings. The molecular weight excluding hydrogens is 216 g/mol. The van der Waals surface area contributed by atoms with E-state index in [1.54, 1.807) is 0 Å². The average Bonchev–Trinajstić information content (AvgIpc) is 3.10. The minimum absolute atomic E-state index is 0.123. The molecule has 2 rings (SSSR count). The van der Waals surface area contributed by atoms with Crippen LogP contribution in [0.3, 0.4) is 0 Å². The van der Waals surface area contributed by atoms with Gasteiger partial charge in [0.1, 0.15) is 5.82 Å². The molecule has 0 atom stereocenters. The van der Waals surface area contributed by atoms with Crippen molar-refractivity contribution in [2.75, 3.05) is 11.9 Å². The number of nitrogens with zero attached hydrogens (tertiary/aromatic N) is 3. The molecule has 92 valence electrons. The van der Waals surface area contributed by atoms with Crippen LogP contribution in [0.4, 0.5) is 5.82 Å². The van der Waals surface area contributed by atoms with Crippen LogP contribution in [0.25, 0.3) is 0 Å². The minimum atomic E-state index is 0.123. The van der Waals surface area contributed by atoms with Crippen LogP contribution in [0.15, 0.2) is 11.2 Å². The molecule has 5 nitrogen and oxygen atoms in total. The average molecular weight is 234 g/mol. The molecule has 1 aromatic heterocycles. The standard InChI is InChI=1S/C12H18N4O/c1-7-6-8(2)14-12(10(7)11(13)15-17)16(3)9-4-5-9/h6,9,17H,4-5H2,1-3H3,(H2,13,15). The predicted molar refractivity (Wildman–Crippen MR) is 67.6 cm³/mol. The summed E-state index contributed by atoms with van der Waals surface area (Å²) in [7, 11) is 2.01. The highest BCUT2D eigenvalue weighted by Crippen LogP contribution is 2.32. The number of rotatable bonds is 3. The van der Waals surface area contributed by atoms with Crippen molar-refractivity contribution < 1.29 is 5.21 Å². The first-order chi connectivity index (χ1) is 8.04. The lowest BCUT2D eigenvalue weighted by atomic mass is 10.1. The SMILES string of the molecule is Cc1cc(C)c(C(N)=NO)c(N(C)C2CC2)n1. The molecule has 0 saturated heterocycles. The van der Waals surface area contributed by atoms with Crippen molar-refractivity contribution in [2.45, 2.75) is 32.7 Å². The van der Waals surface area contributed by atoms with Crippen LogP contribution in [0.2, 0.25) is 0 Å². The third kappa shape index (κ3) is 2.18. The highest BCUT2D eigenvalue weighted by molar-refractivity contribution is 6.02. The fourth-order valence-corrected chi connectivity index (χ4v) is 2.07. The number of oxime groups is 1. The van der Waals surface area contributed by atoms with Gasteiger partial charge in [0.25, 0.3) is 0 Å². The van der Waals surface area contributed by atoms with Gasteiger partial charge in [0.2, 0.25) is 0 Å². The lowest BCUT2D eigenvalue weighted by Crippen LogP contribution is -2.27. The number of nitrogens with two attached hydrogens (primary N) is 1. The lowest BCUT2D eigenvalue weighted by molar-refractivity contribution is 0.318. The zero-order chi connectivity index (χ0) is 12.6. The van der Waals surface area contributed by atoms with Crippen LogP contribution in [-0.2, 0) is 0 Å². The van der Waals surface area contributed by atoms with Gasteiger partial charge in [-0.15, -0.1) is 0 Å². The molecule has 1 saturated carbocycles. The summed E-state index contributed by atoms with van der Waals surface area (Å²) in [4.78, 5) is 6.64. The number of anilines is 1. The quantitative estimate of drug-likeness (QED) is 0.359. The molecule has 0 radical (unpaired) electrons. The van der Waals surface area contributed by atoms with Gasteiger partial charge in [0, 0.05) is 18.8 Å². The summed E-state index contributed by atoms with van der Waals surface area (Å²) in [6.45, 7) is 3.90. The maximum absolute atomic E-state index is 8.86. The summed E-state index contributed by atoms with van der Waals surface area (Å²) in [6, 6.07) is 2.48. The summed E-state index contributed by atoms with van der Waals surface area (Å²) in [5.74, 6) is 0.929. The third-order valence-electron chi connectivity index (χ3n) is 3.12. The highest BCUT2D eigenvalue weighted by Gasteiger charge is 2.29. The van der Waals surface area contributed by atoms with Gasteiger partial charge in [-0.05, 0) is 38.3 Å². The van der Waals surface area contributed by atoms with Gasteiger partial charge in [-0.2, -0.15) is 0 Å². The zero-order valence-electron chi connectivity index (χ0n) is 10.4. The molecule has 5 heteroatoms. The summed E-state index contributed by atoms with van der Waals surface area (Å²) in [6.07, 6.45) is 2.36. The van der Waals surface area contributed by atoms with Gasteiger partial charge >= 0.3 is 0 Å². The summed E-state index contributed by atoms with van der Waals surface area (Å²) in [5, 5.41) is 12.0. The molecule has 1 aliphatic rings. The molecule has 3 N–H and O–H groups in total. The molecule has 0 unspecified atom stereocenters. The first-order valence-electron chi connectivity index (χ1n) is 5.73. The zero-order valence-corrected chi connectivity index (χ0v) is 10.4. The van der Waals surface area contributed by atoms with Crippen LogP contribution in [-0.4, -0.2) is 29.1 Å². The molecular formula is C12H18N4O. The number of hydrogen-bond donors (Lipinski definition) is 2.